The number of hydrogen-bond donors (Lipinski definition) is 1. The van der Waals surface area contributed by atoms with Gasteiger partial charge in [0.1, 0.15) is 0 Å². The minimum atomic E-state index is -0.857. The van der Waals surface area contributed by atoms with E-state index >= 15 is 0 Å². The highest BCUT2D eigenvalue weighted by atomic mass is 16.4. The molecule has 0 aliphatic rings. The van der Waals surface area contributed by atoms with Crippen molar-refractivity contribution < 1.29 is 9.90 Å². The van der Waals surface area contributed by atoms with Gasteiger partial charge in [-0.05, 0) is 32.8 Å². The number of carbonyl (C=O) groups is 1. The maximum atomic E-state index is 11.2. The van der Waals surface area contributed by atoms with Crippen molar-refractivity contribution in [3.63, 3.8) is 0 Å². The molecule has 1 N–H and O–H groups in total. The fourth-order valence-electron chi connectivity index (χ4n) is 2.49. The van der Waals surface area contributed by atoms with Crippen LogP contribution >= 0.6 is 0 Å². The summed E-state index contributed by atoms with van der Waals surface area (Å²) in [6.07, 6.45) is 0.994. The van der Waals surface area contributed by atoms with Gasteiger partial charge in [-0.25, -0.2) is 9.97 Å². The van der Waals surface area contributed by atoms with E-state index in [1.54, 1.807) is 6.92 Å². The minimum Gasteiger partial charge on any atom is -0.481 e. The highest BCUT2D eigenvalue weighted by Gasteiger charge is 2.21. The van der Waals surface area contributed by atoms with Gasteiger partial charge < -0.3 is 5.11 Å². The second kappa shape index (κ2) is 6.04. The van der Waals surface area contributed by atoms with E-state index in [4.69, 9.17) is 0 Å². The number of carboxylic acid groups (broad SMARTS) is 1. The first-order valence-corrected chi connectivity index (χ1v) is 7.11. The number of rotatable bonds is 4. The lowest BCUT2D eigenvalue weighted by Crippen LogP contribution is -2.13. The predicted octanol–water partition coefficient (Wildman–Crippen LogP) is 3.51. The Labute approximate surface area is 124 Å². The Morgan fingerprint density at radius 3 is 2.10 bits per heavy atom. The second-order valence-corrected chi connectivity index (χ2v) is 5.24. The third kappa shape index (κ3) is 3.10. The van der Waals surface area contributed by atoms with Crippen molar-refractivity contribution in [1.82, 2.24) is 9.97 Å². The third-order valence-corrected chi connectivity index (χ3v) is 3.75. The predicted molar refractivity (Wildman–Crippen MR) is 82.4 cm³/mol. The van der Waals surface area contributed by atoms with Crippen LogP contribution < -0.4 is 0 Å². The average Bonchev–Trinajstić information content (AvgIpc) is 2.46. The first-order chi connectivity index (χ1) is 9.93. The quantitative estimate of drug-likeness (QED) is 0.933. The summed E-state index contributed by atoms with van der Waals surface area (Å²) in [7, 11) is 0. The average molecular weight is 284 g/mol. The van der Waals surface area contributed by atoms with Crippen molar-refractivity contribution in [3.8, 4) is 11.4 Å². The fourth-order valence-corrected chi connectivity index (χ4v) is 2.49. The van der Waals surface area contributed by atoms with E-state index in [0.29, 0.717) is 11.4 Å². The molecular formula is C17H20N2O2. The molecule has 0 spiro atoms. The van der Waals surface area contributed by atoms with Crippen LogP contribution in [0.5, 0.6) is 0 Å². The van der Waals surface area contributed by atoms with Crippen LogP contribution in [-0.4, -0.2) is 21.0 Å². The lowest BCUT2D eigenvalue weighted by atomic mass is 9.98. The van der Waals surface area contributed by atoms with Gasteiger partial charge in [-0.2, -0.15) is 0 Å². The molecule has 4 nitrogen and oxygen atoms in total. The van der Waals surface area contributed by atoms with E-state index in [9.17, 15) is 9.90 Å². The summed E-state index contributed by atoms with van der Waals surface area (Å²) in [6, 6.07) is 8.15. The molecule has 2 aromatic rings. The largest absolute Gasteiger partial charge is 0.481 e. The van der Waals surface area contributed by atoms with Gasteiger partial charge in [-0.15, -0.1) is 0 Å². The van der Waals surface area contributed by atoms with E-state index in [1.165, 1.54) is 5.56 Å². The Kier molecular flexibility index (Phi) is 4.36. The standard InChI is InChI=1S/C17H20N2O2/c1-5-13-6-8-14(9-7-13)16-18-11(3)15(12(4)19-16)10(2)17(20)21/h6-10H,5H2,1-4H3,(H,20,21). The van der Waals surface area contributed by atoms with Crippen molar-refractivity contribution in [2.75, 3.05) is 0 Å². The molecule has 2 rings (SSSR count). The highest BCUT2D eigenvalue weighted by molar-refractivity contribution is 5.76. The van der Waals surface area contributed by atoms with Crippen LogP contribution in [0.1, 0.15) is 42.3 Å². The van der Waals surface area contributed by atoms with Gasteiger partial charge in [0.05, 0.1) is 5.92 Å². The van der Waals surface area contributed by atoms with Crippen molar-refractivity contribution in [2.45, 2.75) is 40.0 Å². The third-order valence-electron chi connectivity index (χ3n) is 3.75. The molecule has 0 aliphatic heterocycles. The summed E-state index contributed by atoms with van der Waals surface area (Å²) in [5.74, 6) is -0.805. The van der Waals surface area contributed by atoms with E-state index in [1.807, 2.05) is 26.0 Å². The Hall–Kier alpha value is -2.23. The molecule has 0 saturated heterocycles. The smallest absolute Gasteiger partial charge is 0.310 e. The zero-order chi connectivity index (χ0) is 15.6. The SMILES string of the molecule is CCc1ccc(-c2nc(C)c(C(C)C(=O)O)c(C)n2)cc1. The van der Waals surface area contributed by atoms with E-state index < -0.39 is 11.9 Å². The highest BCUT2D eigenvalue weighted by Crippen LogP contribution is 2.25. The molecule has 0 bridgehead atoms. The lowest BCUT2D eigenvalue weighted by molar-refractivity contribution is -0.138. The van der Waals surface area contributed by atoms with Crippen LogP contribution in [0.25, 0.3) is 11.4 Å². The number of hydrogen-bond acceptors (Lipinski definition) is 3. The van der Waals surface area contributed by atoms with Crippen LogP contribution in [0.3, 0.4) is 0 Å². The molecule has 110 valence electrons. The number of nitrogens with zero attached hydrogens (tertiary/aromatic N) is 2. The van der Waals surface area contributed by atoms with Crippen molar-refractivity contribution in [3.05, 3.63) is 46.8 Å². The molecule has 0 fully saturated rings. The van der Waals surface area contributed by atoms with E-state index in [0.717, 1.165) is 23.4 Å². The molecule has 0 saturated carbocycles. The zero-order valence-electron chi connectivity index (χ0n) is 12.8. The molecule has 21 heavy (non-hydrogen) atoms. The number of carboxylic acids is 1. The van der Waals surface area contributed by atoms with E-state index in [2.05, 4.69) is 29.0 Å². The van der Waals surface area contributed by atoms with Crippen LogP contribution in [0, 0.1) is 13.8 Å². The molecule has 0 aliphatic carbocycles. The van der Waals surface area contributed by atoms with Gasteiger partial charge in [-0.1, -0.05) is 31.2 Å². The van der Waals surface area contributed by atoms with Crippen molar-refractivity contribution >= 4 is 5.97 Å². The summed E-state index contributed by atoms with van der Waals surface area (Å²) in [5.41, 5.74) is 4.38. The fraction of sp³-hybridized carbons (Fsp3) is 0.353. The maximum Gasteiger partial charge on any atom is 0.310 e. The van der Waals surface area contributed by atoms with Gasteiger partial charge in [0.15, 0.2) is 5.82 Å². The summed E-state index contributed by atoms with van der Waals surface area (Å²) in [6.45, 7) is 7.46. The minimum absolute atomic E-state index is 0.596. The second-order valence-electron chi connectivity index (χ2n) is 5.24. The number of aryl methyl sites for hydroxylation is 3. The van der Waals surface area contributed by atoms with Crippen molar-refractivity contribution in [1.29, 1.82) is 0 Å². The number of aliphatic carboxylic acids is 1. The van der Waals surface area contributed by atoms with Gasteiger partial charge in [0.2, 0.25) is 0 Å². The van der Waals surface area contributed by atoms with Gasteiger partial charge in [-0.3, -0.25) is 4.79 Å². The van der Waals surface area contributed by atoms with Crippen LogP contribution in [0.15, 0.2) is 24.3 Å². The maximum absolute atomic E-state index is 11.2. The first-order valence-electron chi connectivity index (χ1n) is 7.11. The van der Waals surface area contributed by atoms with Crippen molar-refractivity contribution in [2.24, 2.45) is 0 Å². The van der Waals surface area contributed by atoms with Crippen LogP contribution in [0.2, 0.25) is 0 Å². The molecule has 0 amide bonds. The Balaban J connectivity index is 2.45. The van der Waals surface area contributed by atoms with E-state index in [-0.39, 0.29) is 0 Å². The Bertz CT molecular complexity index is 640. The summed E-state index contributed by atoms with van der Waals surface area (Å²) in [4.78, 5) is 20.2. The Morgan fingerprint density at radius 2 is 1.67 bits per heavy atom. The molecule has 1 atom stereocenters. The number of benzene rings is 1. The van der Waals surface area contributed by atoms with Gasteiger partial charge in [0, 0.05) is 22.5 Å². The Morgan fingerprint density at radius 1 is 1.14 bits per heavy atom. The molecule has 4 heteroatoms. The molecule has 1 unspecified atom stereocenters. The first kappa shape index (κ1) is 15.2. The topological polar surface area (TPSA) is 63.1 Å². The van der Waals surface area contributed by atoms with Crippen LogP contribution in [0.4, 0.5) is 0 Å². The van der Waals surface area contributed by atoms with Crippen LogP contribution in [-0.2, 0) is 11.2 Å². The normalized spacial score (nSPS) is 12.2. The zero-order valence-corrected chi connectivity index (χ0v) is 12.8. The summed E-state index contributed by atoms with van der Waals surface area (Å²) >= 11 is 0. The molecule has 1 heterocycles. The molecular weight excluding hydrogens is 264 g/mol. The van der Waals surface area contributed by atoms with Gasteiger partial charge in [0.25, 0.3) is 0 Å². The van der Waals surface area contributed by atoms with Gasteiger partial charge >= 0.3 is 5.97 Å². The summed E-state index contributed by atoms with van der Waals surface area (Å²) in [5, 5.41) is 9.17. The summed E-state index contributed by atoms with van der Waals surface area (Å²) < 4.78 is 0. The number of aromatic nitrogens is 2. The lowest BCUT2D eigenvalue weighted by Gasteiger charge is -2.14. The molecule has 1 aromatic carbocycles. The molecule has 0 radical (unpaired) electrons. The monoisotopic (exact) mass is 284 g/mol. The molecule has 1 aromatic heterocycles.